The minimum absolute atomic E-state index is 0.0196. The van der Waals surface area contributed by atoms with Gasteiger partial charge in [0, 0.05) is 12.8 Å². The lowest BCUT2D eigenvalue weighted by Gasteiger charge is -2.22. The number of carbonyl (C=O) groups excluding carboxylic acids is 2. The van der Waals surface area contributed by atoms with Crippen molar-refractivity contribution in [1.82, 2.24) is 0 Å². The van der Waals surface area contributed by atoms with E-state index in [1.807, 2.05) is 30.3 Å². The Morgan fingerprint density at radius 2 is 1.86 bits per heavy atom. The first-order valence-electron chi connectivity index (χ1n) is 6.61. The molecule has 1 aromatic heterocycles. The molecule has 0 saturated heterocycles. The van der Waals surface area contributed by atoms with Gasteiger partial charge >= 0.3 is 5.63 Å². The van der Waals surface area contributed by atoms with Crippen molar-refractivity contribution in [1.29, 1.82) is 0 Å². The summed E-state index contributed by atoms with van der Waals surface area (Å²) in [4.78, 5) is 35.1. The smallest absolute Gasteiger partial charge is 0.348 e. The van der Waals surface area contributed by atoms with Crippen LogP contribution >= 0.6 is 0 Å². The Hall–Kier alpha value is -2.69. The summed E-state index contributed by atoms with van der Waals surface area (Å²) in [5.74, 6) is -0.718. The number of hydrogen-bond donors (Lipinski definition) is 1. The molecule has 5 heteroatoms. The summed E-state index contributed by atoms with van der Waals surface area (Å²) < 4.78 is 5.14. The molecule has 0 saturated carbocycles. The van der Waals surface area contributed by atoms with Gasteiger partial charge in [-0.3, -0.25) is 9.59 Å². The lowest BCUT2D eigenvalue weighted by atomic mass is 9.82. The molecule has 0 spiro atoms. The minimum atomic E-state index is -0.885. The summed E-state index contributed by atoms with van der Waals surface area (Å²) in [6.45, 7) is 0. The van der Waals surface area contributed by atoms with E-state index in [0.29, 0.717) is 18.6 Å². The molecule has 1 atom stereocenters. The van der Waals surface area contributed by atoms with Crippen molar-refractivity contribution in [3.63, 3.8) is 0 Å². The number of amides is 1. The Morgan fingerprint density at radius 1 is 1.14 bits per heavy atom. The number of Topliss-reactive ketones (excluding diaryl/α,β-unsaturated/α-hetero) is 1. The third-order valence-corrected chi connectivity index (χ3v) is 3.73. The Balaban J connectivity index is 2.04. The van der Waals surface area contributed by atoms with Gasteiger partial charge in [0.05, 0.1) is 5.56 Å². The molecule has 21 heavy (non-hydrogen) atoms. The van der Waals surface area contributed by atoms with Gasteiger partial charge in [0.1, 0.15) is 11.3 Å². The molecular formula is C16H13NO4. The predicted octanol–water partition coefficient (Wildman–Crippen LogP) is 1.65. The molecule has 2 aromatic rings. The molecule has 1 aromatic carbocycles. The van der Waals surface area contributed by atoms with Crippen LogP contribution in [-0.4, -0.2) is 11.7 Å². The Bertz CT molecular complexity index is 777. The van der Waals surface area contributed by atoms with Crippen LogP contribution < -0.4 is 11.4 Å². The fourth-order valence-corrected chi connectivity index (χ4v) is 2.66. The van der Waals surface area contributed by atoms with E-state index in [0.717, 1.165) is 5.56 Å². The highest BCUT2D eigenvalue weighted by atomic mass is 16.4. The van der Waals surface area contributed by atoms with E-state index < -0.39 is 11.5 Å². The van der Waals surface area contributed by atoms with E-state index in [9.17, 15) is 14.4 Å². The highest BCUT2D eigenvalue weighted by molar-refractivity contribution is 6.01. The maximum absolute atomic E-state index is 12.2. The molecule has 2 N–H and O–H groups in total. The molecule has 5 nitrogen and oxygen atoms in total. The number of rotatable bonds is 2. The van der Waals surface area contributed by atoms with E-state index in [1.165, 1.54) is 6.07 Å². The Kier molecular flexibility index (Phi) is 3.17. The molecule has 1 heterocycles. The fraction of sp³-hybridized carbons (Fsp3) is 0.188. The highest BCUT2D eigenvalue weighted by Crippen LogP contribution is 2.32. The first-order valence-corrected chi connectivity index (χ1v) is 6.61. The second-order valence-corrected chi connectivity index (χ2v) is 5.09. The van der Waals surface area contributed by atoms with E-state index in [-0.39, 0.29) is 22.8 Å². The van der Waals surface area contributed by atoms with Crippen molar-refractivity contribution in [3.05, 3.63) is 69.3 Å². The lowest BCUT2D eigenvalue weighted by molar-refractivity contribution is 0.0956. The summed E-state index contributed by atoms with van der Waals surface area (Å²) >= 11 is 0. The van der Waals surface area contributed by atoms with Crippen molar-refractivity contribution in [2.24, 2.45) is 5.73 Å². The second-order valence-electron chi connectivity index (χ2n) is 5.09. The van der Waals surface area contributed by atoms with Gasteiger partial charge in [0.15, 0.2) is 5.78 Å². The van der Waals surface area contributed by atoms with Crippen molar-refractivity contribution >= 4 is 11.7 Å². The zero-order valence-corrected chi connectivity index (χ0v) is 11.2. The third kappa shape index (κ3) is 2.38. The molecule has 0 aliphatic heterocycles. The summed E-state index contributed by atoms with van der Waals surface area (Å²) in [5, 5.41) is 0. The second kappa shape index (κ2) is 5.01. The van der Waals surface area contributed by atoms with Gasteiger partial charge in [0.2, 0.25) is 0 Å². The number of benzene rings is 1. The molecule has 0 bridgehead atoms. The molecule has 1 amide bonds. The quantitative estimate of drug-likeness (QED) is 0.907. The largest absolute Gasteiger partial charge is 0.427 e. The van der Waals surface area contributed by atoms with Crippen molar-refractivity contribution in [2.75, 3.05) is 0 Å². The normalized spacial score (nSPS) is 17.3. The van der Waals surface area contributed by atoms with Gasteiger partial charge in [-0.15, -0.1) is 0 Å². The molecule has 1 aliphatic carbocycles. The van der Waals surface area contributed by atoms with Crippen LogP contribution in [0.25, 0.3) is 0 Å². The number of primary amides is 1. The van der Waals surface area contributed by atoms with Gasteiger partial charge < -0.3 is 10.2 Å². The number of fused-ring (bicyclic) bond motifs is 1. The maximum Gasteiger partial charge on any atom is 0.348 e. The average Bonchev–Trinajstić information content (AvgIpc) is 2.47. The summed E-state index contributed by atoms with van der Waals surface area (Å²) in [5.41, 5.74) is 5.35. The molecule has 106 valence electrons. The maximum atomic E-state index is 12.2. The van der Waals surface area contributed by atoms with Gasteiger partial charge in [-0.25, -0.2) is 4.79 Å². The number of carbonyl (C=O) groups is 2. The topological polar surface area (TPSA) is 90.4 Å². The zero-order chi connectivity index (χ0) is 15.0. The Morgan fingerprint density at radius 3 is 2.52 bits per heavy atom. The first kappa shape index (κ1) is 13.3. The lowest BCUT2D eigenvalue weighted by Crippen LogP contribution is -2.26. The van der Waals surface area contributed by atoms with Crippen LogP contribution in [0.3, 0.4) is 0 Å². The van der Waals surface area contributed by atoms with E-state index in [2.05, 4.69) is 0 Å². The summed E-state index contributed by atoms with van der Waals surface area (Å²) in [6.07, 6.45) is 0.780. The first-order chi connectivity index (χ1) is 10.1. The standard InChI is InChI=1S/C16H13NO4/c17-15(19)12-8-11-13(18)6-10(7-14(11)21-16(12)20)9-4-2-1-3-5-9/h1-5,8,10H,6-7H2,(H2,17,19). The van der Waals surface area contributed by atoms with E-state index >= 15 is 0 Å². The van der Waals surface area contributed by atoms with Crippen LogP contribution in [0.2, 0.25) is 0 Å². The monoisotopic (exact) mass is 283 g/mol. The van der Waals surface area contributed by atoms with E-state index in [1.54, 1.807) is 0 Å². The Labute approximate surface area is 120 Å². The van der Waals surface area contributed by atoms with Crippen LogP contribution in [0.1, 0.15) is 44.4 Å². The molecule has 1 unspecified atom stereocenters. The van der Waals surface area contributed by atoms with Crippen molar-refractivity contribution in [3.8, 4) is 0 Å². The van der Waals surface area contributed by atoms with Gasteiger partial charge in [-0.05, 0) is 17.5 Å². The summed E-state index contributed by atoms with van der Waals surface area (Å²) in [6, 6.07) is 10.9. The van der Waals surface area contributed by atoms with Crippen LogP contribution in [-0.2, 0) is 6.42 Å². The highest BCUT2D eigenvalue weighted by Gasteiger charge is 2.29. The van der Waals surface area contributed by atoms with Crippen LogP contribution in [0.5, 0.6) is 0 Å². The molecule has 1 aliphatic rings. The molecule has 3 rings (SSSR count). The number of nitrogens with two attached hydrogens (primary N) is 1. The zero-order valence-electron chi connectivity index (χ0n) is 11.2. The van der Waals surface area contributed by atoms with Crippen molar-refractivity contribution < 1.29 is 14.0 Å². The van der Waals surface area contributed by atoms with Crippen LogP contribution in [0.15, 0.2) is 45.6 Å². The van der Waals surface area contributed by atoms with Gasteiger partial charge in [-0.1, -0.05) is 30.3 Å². The fourth-order valence-electron chi connectivity index (χ4n) is 2.66. The van der Waals surface area contributed by atoms with Crippen molar-refractivity contribution in [2.45, 2.75) is 18.8 Å². The van der Waals surface area contributed by atoms with E-state index in [4.69, 9.17) is 10.2 Å². The number of ketones is 1. The number of hydrogen-bond acceptors (Lipinski definition) is 4. The van der Waals surface area contributed by atoms with Crippen LogP contribution in [0.4, 0.5) is 0 Å². The molecule has 0 radical (unpaired) electrons. The average molecular weight is 283 g/mol. The predicted molar refractivity (Wildman–Crippen MR) is 75.3 cm³/mol. The summed E-state index contributed by atoms with van der Waals surface area (Å²) in [7, 11) is 0. The van der Waals surface area contributed by atoms with Crippen LogP contribution in [0, 0.1) is 0 Å². The van der Waals surface area contributed by atoms with Gasteiger partial charge in [-0.2, -0.15) is 0 Å². The minimum Gasteiger partial charge on any atom is -0.427 e. The molecule has 0 fully saturated rings. The SMILES string of the molecule is NC(=O)c1cc2c(oc1=O)CC(c1ccccc1)CC2=O. The third-order valence-electron chi connectivity index (χ3n) is 3.73. The molecular weight excluding hydrogens is 270 g/mol. The van der Waals surface area contributed by atoms with Gasteiger partial charge in [0.25, 0.3) is 5.91 Å².